The quantitative estimate of drug-likeness (QED) is 0.699. The first-order valence-corrected chi connectivity index (χ1v) is 10.3. The molecular weight excluding hydrogens is 370 g/mol. The van der Waals surface area contributed by atoms with E-state index in [2.05, 4.69) is 10.6 Å². The largest absolute Gasteiger partial charge is 0.444 e. The molecule has 0 aliphatic carbocycles. The molecule has 0 saturated carbocycles. The van der Waals surface area contributed by atoms with Gasteiger partial charge < -0.3 is 15.4 Å². The van der Waals surface area contributed by atoms with Crippen LogP contribution >= 0.6 is 0 Å². The number of hydrogen-bond donors (Lipinski definition) is 2. The van der Waals surface area contributed by atoms with Crippen LogP contribution in [-0.4, -0.2) is 50.0 Å². The van der Waals surface area contributed by atoms with Crippen molar-refractivity contribution < 1.29 is 22.7 Å². The van der Waals surface area contributed by atoms with Crippen molar-refractivity contribution in [3.05, 3.63) is 24.3 Å². The van der Waals surface area contributed by atoms with Crippen LogP contribution in [0.1, 0.15) is 41.0 Å². The number of sulfonamides is 1. The van der Waals surface area contributed by atoms with Crippen molar-refractivity contribution in [1.29, 1.82) is 0 Å². The van der Waals surface area contributed by atoms with E-state index < -0.39 is 21.7 Å². The minimum atomic E-state index is -3.53. The van der Waals surface area contributed by atoms with E-state index in [4.69, 9.17) is 4.74 Å². The van der Waals surface area contributed by atoms with E-state index in [1.165, 1.54) is 28.6 Å². The van der Waals surface area contributed by atoms with Crippen LogP contribution in [0.25, 0.3) is 0 Å². The number of nitrogens with one attached hydrogen (secondary N) is 2. The summed E-state index contributed by atoms with van der Waals surface area (Å²) in [5, 5.41) is 5.16. The summed E-state index contributed by atoms with van der Waals surface area (Å²) in [6, 6.07) is 6.00. The number of amides is 2. The summed E-state index contributed by atoms with van der Waals surface area (Å²) in [6.07, 6.45) is -0.514. The average Bonchev–Trinajstić information content (AvgIpc) is 2.54. The van der Waals surface area contributed by atoms with Crippen molar-refractivity contribution in [3.8, 4) is 0 Å². The first kappa shape index (κ1) is 22.9. The molecular formula is C18H29N3O5S. The molecule has 0 heterocycles. The highest BCUT2D eigenvalue weighted by atomic mass is 32.2. The molecule has 152 valence electrons. The van der Waals surface area contributed by atoms with Crippen LogP contribution in [0.15, 0.2) is 29.2 Å². The molecule has 2 N–H and O–H groups in total. The van der Waals surface area contributed by atoms with Crippen molar-refractivity contribution in [2.45, 2.75) is 51.5 Å². The van der Waals surface area contributed by atoms with Crippen LogP contribution in [0.3, 0.4) is 0 Å². The Hall–Kier alpha value is -2.13. The molecule has 0 aliphatic rings. The first-order chi connectivity index (χ1) is 12.5. The number of rotatable bonds is 8. The molecule has 27 heavy (non-hydrogen) atoms. The molecule has 0 fully saturated rings. The molecule has 1 aromatic rings. The Morgan fingerprint density at radius 1 is 1.07 bits per heavy atom. The van der Waals surface area contributed by atoms with Crippen LogP contribution < -0.4 is 10.6 Å². The van der Waals surface area contributed by atoms with Gasteiger partial charge in [-0.15, -0.1) is 0 Å². The van der Waals surface area contributed by atoms with E-state index in [9.17, 15) is 18.0 Å². The number of carbonyl (C=O) groups excluding carboxylic acids is 2. The van der Waals surface area contributed by atoms with Gasteiger partial charge in [-0.25, -0.2) is 13.2 Å². The fourth-order valence-electron chi connectivity index (χ4n) is 2.24. The summed E-state index contributed by atoms with van der Waals surface area (Å²) in [4.78, 5) is 23.6. The molecule has 0 aromatic heterocycles. The maximum Gasteiger partial charge on any atom is 0.407 e. The van der Waals surface area contributed by atoms with Crippen molar-refractivity contribution in [2.75, 3.05) is 25.0 Å². The summed E-state index contributed by atoms with van der Waals surface area (Å²) < 4.78 is 31.3. The Labute approximate surface area is 161 Å². The lowest BCUT2D eigenvalue weighted by molar-refractivity contribution is -0.116. The third-order valence-electron chi connectivity index (χ3n) is 3.50. The minimum Gasteiger partial charge on any atom is -0.444 e. The van der Waals surface area contributed by atoms with E-state index in [-0.39, 0.29) is 23.8 Å². The second-order valence-electron chi connectivity index (χ2n) is 6.84. The molecule has 0 radical (unpaired) electrons. The van der Waals surface area contributed by atoms with Crippen molar-refractivity contribution >= 4 is 27.7 Å². The molecule has 8 nitrogen and oxygen atoms in total. The van der Waals surface area contributed by atoms with Crippen molar-refractivity contribution in [1.82, 2.24) is 9.62 Å². The maximum atomic E-state index is 12.4. The summed E-state index contributed by atoms with van der Waals surface area (Å²) in [5.41, 5.74) is -0.115. The van der Waals surface area contributed by atoms with Crippen LogP contribution in [-0.2, 0) is 19.6 Å². The van der Waals surface area contributed by atoms with Gasteiger partial charge in [-0.05, 0) is 45.0 Å². The molecule has 0 unspecified atom stereocenters. The molecule has 1 aromatic carbocycles. The highest BCUT2D eigenvalue weighted by molar-refractivity contribution is 7.89. The van der Waals surface area contributed by atoms with Gasteiger partial charge in [0.05, 0.1) is 4.90 Å². The highest BCUT2D eigenvalue weighted by Gasteiger charge is 2.21. The smallest absolute Gasteiger partial charge is 0.407 e. The molecule has 0 saturated heterocycles. The number of ether oxygens (including phenoxy) is 1. The van der Waals surface area contributed by atoms with Crippen LogP contribution in [0.4, 0.5) is 10.5 Å². The van der Waals surface area contributed by atoms with E-state index in [1.54, 1.807) is 34.6 Å². The number of carbonyl (C=O) groups is 2. The van der Waals surface area contributed by atoms with E-state index in [0.29, 0.717) is 18.8 Å². The van der Waals surface area contributed by atoms with Crippen LogP contribution in [0.2, 0.25) is 0 Å². The third kappa shape index (κ3) is 7.56. The van der Waals surface area contributed by atoms with E-state index in [1.807, 2.05) is 0 Å². The Bertz CT molecular complexity index is 735. The zero-order valence-electron chi connectivity index (χ0n) is 16.5. The number of alkyl carbamates (subject to hydrolysis) is 1. The molecule has 1 rings (SSSR count). The lowest BCUT2D eigenvalue weighted by Crippen LogP contribution is -2.34. The maximum absolute atomic E-state index is 12.4. The summed E-state index contributed by atoms with van der Waals surface area (Å²) >= 11 is 0. The average molecular weight is 400 g/mol. The van der Waals surface area contributed by atoms with Gasteiger partial charge in [0.25, 0.3) is 0 Å². The Kier molecular flexibility index (Phi) is 8.23. The van der Waals surface area contributed by atoms with Crippen LogP contribution in [0.5, 0.6) is 0 Å². The van der Waals surface area contributed by atoms with Gasteiger partial charge in [-0.3, -0.25) is 4.79 Å². The normalized spacial score (nSPS) is 11.9. The first-order valence-electron chi connectivity index (χ1n) is 8.86. The highest BCUT2D eigenvalue weighted by Crippen LogP contribution is 2.18. The lowest BCUT2D eigenvalue weighted by atomic mass is 10.2. The minimum absolute atomic E-state index is 0.0682. The van der Waals surface area contributed by atoms with E-state index in [0.717, 1.165) is 0 Å². The zero-order chi connectivity index (χ0) is 20.7. The molecule has 0 aliphatic heterocycles. The number of hydrogen-bond acceptors (Lipinski definition) is 5. The molecule has 2 amide bonds. The van der Waals surface area contributed by atoms with Gasteiger partial charge in [-0.1, -0.05) is 13.8 Å². The number of nitrogens with zero attached hydrogens (tertiary/aromatic N) is 1. The predicted octanol–water partition coefficient (Wildman–Crippen LogP) is 2.57. The Morgan fingerprint density at radius 3 is 2.11 bits per heavy atom. The molecule has 0 spiro atoms. The van der Waals surface area contributed by atoms with Gasteiger partial charge in [0.15, 0.2) is 0 Å². The molecule has 9 heteroatoms. The van der Waals surface area contributed by atoms with Gasteiger partial charge in [-0.2, -0.15) is 4.31 Å². The summed E-state index contributed by atoms with van der Waals surface area (Å²) in [6.45, 7) is 9.73. The Balaban J connectivity index is 2.56. The van der Waals surface area contributed by atoms with E-state index >= 15 is 0 Å². The SMILES string of the molecule is CCN(CC)S(=O)(=O)c1ccc(NC(=O)CCNC(=O)OC(C)(C)C)cc1. The Morgan fingerprint density at radius 2 is 1.63 bits per heavy atom. The summed E-state index contributed by atoms with van der Waals surface area (Å²) in [5.74, 6) is -0.301. The van der Waals surface area contributed by atoms with Gasteiger partial charge >= 0.3 is 6.09 Å². The fourth-order valence-corrected chi connectivity index (χ4v) is 3.70. The second-order valence-corrected chi connectivity index (χ2v) is 8.78. The van der Waals surface area contributed by atoms with Gasteiger partial charge in [0, 0.05) is 31.7 Å². The van der Waals surface area contributed by atoms with Gasteiger partial charge in [0.2, 0.25) is 15.9 Å². The van der Waals surface area contributed by atoms with Crippen molar-refractivity contribution in [2.24, 2.45) is 0 Å². The predicted molar refractivity (Wildman–Crippen MR) is 104 cm³/mol. The third-order valence-corrected chi connectivity index (χ3v) is 5.57. The van der Waals surface area contributed by atoms with Crippen molar-refractivity contribution in [3.63, 3.8) is 0 Å². The van der Waals surface area contributed by atoms with Crippen LogP contribution in [0, 0.1) is 0 Å². The summed E-state index contributed by atoms with van der Waals surface area (Å²) in [7, 11) is -3.53. The molecule has 0 atom stereocenters. The second kappa shape index (κ2) is 9.70. The topological polar surface area (TPSA) is 105 Å². The molecule has 0 bridgehead atoms. The standard InChI is InChI=1S/C18H29N3O5S/c1-6-21(7-2)27(24,25)15-10-8-14(9-11-15)20-16(22)12-13-19-17(23)26-18(3,4)5/h8-11H,6-7,12-13H2,1-5H3,(H,19,23)(H,20,22). The monoisotopic (exact) mass is 399 g/mol. The fraction of sp³-hybridized carbons (Fsp3) is 0.556. The number of anilines is 1. The lowest BCUT2D eigenvalue weighted by Gasteiger charge is -2.19. The van der Waals surface area contributed by atoms with Gasteiger partial charge in [0.1, 0.15) is 5.60 Å². The number of benzene rings is 1. The zero-order valence-corrected chi connectivity index (χ0v) is 17.4.